The van der Waals surface area contributed by atoms with E-state index in [1.165, 1.54) is 7.11 Å². The summed E-state index contributed by atoms with van der Waals surface area (Å²) in [6.07, 6.45) is 1.67. The van der Waals surface area contributed by atoms with Crippen LogP contribution in [0.2, 0.25) is 0 Å². The van der Waals surface area contributed by atoms with Gasteiger partial charge in [0.2, 0.25) is 0 Å². The normalized spacial score (nSPS) is 21.4. The van der Waals surface area contributed by atoms with E-state index in [1.54, 1.807) is 0 Å². The van der Waals surface area contributed by atoms with Crippen LogP contribution in [-0.4, -0.2) is 34.4 Å². The van der Waals surface area contributed by atoms with Crippen molar-refractivity contribution in [1.82, 2.24) is 0 Å². The number of esters is 1. The van der Waals surface area contributed by atoms with Crippen molar-refractivity contribution in [2.75, 3.05) is 7.11 Å². The van der Waals surface area contributed by atoms with Crippen LogP contribution in [0.1, 0.15) is 18.4 Å². The third-order valence-corrected chi connectivity index (χ3v) is 3.53. The highest BCUT2D eigenvalue weighted by Gasteiger charge is 2.53. The van der Waals surface area contributed by atoms with Gasteiger partial charge in [0.25, 0.3) is 0 Å². The van der Waals surface area contributed by atoms with Crippen LogP contribution in [0.15, 0.2) is 18.2 Å². The van der Waals surface area contributed by atoms with E-state index in [2.05, 4.69) is 0 Å². The van der Waals surface area contributed by atoms with Gasteiger partial charge in [0, 0.05) is 0 Å². The first-order valence-corrected chi connectivity index (χ1v) is 6.08. The fourth-order valence-corrected chi connectivity index (χ4v) is 2.45. The number of carbonyl (C=O) groups excluding carboxylic acids is 1. The highest BCUT2D eigenvalue weighted by atomic mass is 16.7. The van der Waals surface area contributed by atoms with Crippen molar-refractivity contribution in [2.45, 2.75) is 23.8 Å². The second-order valence-electron chi connectivity index (χ2n) is 5.34. The molecular weight excluding hydrogens is 230 g/mol. The molecule has 0 aromatic heterocycles. The Kier molecular flexibility index (Phi) is 2.22. The summed E-state index contributed by atoms with van der Waals surface area (Å²) in [5.74, 6) is 1.26. The fraction of sp³-hybridized carbons (Fsp3) is 0.417. The van der Waals surface area contributed by atoms with Crippen molar-refractivity contribution < 1.29 is 19.0 Å². The van der Waals surface area contributed by atoms with E-state index >= 15 is 0 Å². The average molecular weight is 244 g/mol. The summed E-state index contributed by atoms with van der Waals surface area (Å²) in [6, 6.07) is 5.68. The van der Waals surface area contributed by atoms with E-state index in [-0.39, 0.29) is 5.97 Å². The molecule has 2 aliphatic rings. The van der Waals surface area contributed by atoms with Gasteiger partial charge in [-0.3, -0.25) is 4.79 Å². The molecule has 4 nitrogen and oxygen atoms in total. The van der Waals surface area contributed by atoms with E-state index in [0.29, 0.717) is 5.75 Å². The van der Waals surface area contributed by atoms with E-state index in [1.807, 2.05) is 33.9 Å². The second kappa shape index (κ2) is 3.46. The predicted octanol–water partition coefficient (Wildman–Crippen LogP) is -0.460. The van der Waals surface area contributed by atoms with Crippen LogP contribution in [0.5, 0.6) is 11.5 Å². The number of methoxy groups -OCH3 is 1. The second-order valence-corrected chi connectivity index (χ2v) is 5.34. The number of rotatable bonds is 2. The summed E-state index contributed by atoms with van der Waals surface area (Å²) in [4.78, 5) is 11.8. The van der Waals surface area contributed by atoms with Gasteiger partial charge in [0.05, 0.1) is 12.5 Å². The van der Waals surface area contributed by atoms with Gasteiger partial charge in [-0.05, 0) is 30.5 Å². The molecule has 1 heterocycles. The molecule has 0 amide bonds. The molecule has 0 N–H and O–H groups in total. The minimum atomic E-state index is -0.636. The topological polar surface area (TPSA) is 44.8 Å². The lowest BCUT2D eigenvalue weighted by atomic mass is 9.76. The zero-order valence-electron chi connectivity index (χ0n) is 10.8. The molecule has 0 atom stereocenters. The summed E-state index contributed by atoms with van der Waals surface area (Å²) in [6.45, 7) is 0. The van der Waals surface area contributed by atoms with Crippen molar-refractivity contribution in [3.63, 3.8) is 0 Å². The minimum absolute atomic E-state index is 0.166. The Bertz CT molecular complexity index is 523. The molecular formula is C12H14B2O4. The quantitative estimate of drug-likeness (QED) is 0.521. The summed E-state index contributed by atoms with van der Waals surface area (Å²) >= 11 is 0. The van der Waals surface area contributed by atoms with Crippen LogP contribution in [0, 0.1) is 0 Å². The molecule has 1 aromatic rings. The summed E-state index contributed by atoms with van der Waals surface area (Å²) in [7, 11) is 5.15. The van der Waals surface area contributed by atoms with Crippen LogP contribution < -0.4 is 9.47 Å². The van der Waals surface area contributed by atoms with Crippen LogP contribution in [0.4, 0.5) is 0 Å². The van der Waals surface area contributed by atoms with Crippen molar-refractivity contribution >= 4 is 21.7 Å². The van der Waals surface area contributed by atoms with Gasteiger partial charge >= 0.3 is 5.97 Å². The van der Waals surface area contributed by atoms with Crippen molar-refractivity contribution in [3.05, 3.63) is 23.8 Å². The van der Waals surface area contributed by atoms with Crippen LogP contribution in [-0.2, 0) is 14.9 Å². The Labute approximate surface area is 107 Å². The molecule has 3 rings (SSSR count). The lowest BCUT2D eigenvalue weighted by Gasteiger charge is -2.17. The van der Waals surface area contributed by atoms with E-state index in [9.17, 15) is 4.79 Å². The molecule has 6 heteroatoms. The Morgan fingerprint density at radius 3 is 2.56 bits per heavy atom. The van der Waals surface area contributed by atoms with Crippen LogP contribution in [0.3, 0.4) is 0 Å². The molecule has 0 saturated heterocycles. The zero-order valence-corrected chi connectivity index (χ0v) is 10.8. The number of hydrogen-bond acceptors (Lipinski definition) is 4. The van der Waals surface area contributed by atoms with E-state index in [0.717, 1.165) is 24.2 Å². The van der Waals surface area contributed by atoms with Gasteiger partial charge in [0.1, 0.15) is 0 Å². The van der Waals surface area contributed by atoms with Crippen LogP contribution >= 0.6 is 0 Å². The number of benzene rings is 1. The predicted molar refractivity (Wildman–Crippen MR) is 70.4 cm³/mol. The Morgan fingerprint density at radius 2 is 1.94 bits per heavy atom. The number of carbonyl (C=O) groups is 1. The lowest BCUT2D eigenvalue weighted by molar-refractivity contribution is -0.143. The molecule has 0 bridgehead atoms. The molecule has 1 aliphatic heterocycles. The molecule has 0 spiro atoms. The minimum Gasteiger partial charge on any atom is -0.468 e. The van der Waals surface area contributed by atoms with Crippen LogP contribution in [0.25, 0.3) is 0 Å². The smallest absolute Gasteiger partial charge is 0.316 e. The Hall–Kier alpha value is -1.58. The maximum atomic E-state index is 11.8. The summed E-state index contributed by atoms with van der Waals surface area (Å²) in [5, 5.41) is 0. The maximum absolute atomic E-state index is 11.8. The molecule has 18 heavy (non-hydrogen) atoms. The van der Waals surface area contributed by atoms with Gasteiger partial charge in [-0.15, -0.1) is 0 Å². The number of fused-ring (bicyclic) bond motifs is 1. The van der Waals surface area contributed by atoms with E-state index in [4.69, 9.17) is 14.2 Å². The molecule has 92 valence electrons. The molecule has 1 aliphatic carbocycles. The highest BCUT2D eigenvalue weighted by molar-refractivity contribution is 6.38. The summed E-state index contributed by atoms with van der Waals surface area (Å²) in [5.41, 5.74) is -0.141. The molecule has 0 unspecified atom stereocenters. The van der Waals surface area contributed by atoms with Gasteiger partial charge in [-0.1, -0.05) is 6.07 Å². The fourth-order valence-electron chi connectivity index (χ4n) is 2.45. The van der Waals surface area contributed by atoms with Crippen molar-refractivity contribution in [3.8, 4) is 11.5 Å². The first-order valence-electron chi connectivity index (χ1n) is 6.08. The molecule has 1 aromatic carbocycles. The number of ether oxygens (including phenoxy) is 3. The number of hydrogen-bond donors (Lipinski definition) is 0. The van der Waals surface area contributed by atoms with Crippen molar-refractivity contribution in [1.29, 1.82) is 0 Å². The third-order valence-electron chi connectivity index (χ3n) is 3.53. The molecule has 0 radical (unpaired) electrons. The van der Waals surface area contributed by atoms with Gasteiger partial charge < -0.3 is 14.2 Å². The largest absolute Gasteiger partial charge is 0.468 e. The lowest BCUT2D eigenvalue weighted by Crippen LogP contribution is -2.39. The first kappa shape index (κ1) is 11.5. The standard InChI is InChI=1S/C12H14B2O4/c1-16-10(15)11(4-5-11)7-2-3-8-9(6-7)18-12(13,14)17-8/h2-3,6H,4-5,13-14H2,1H3. The van der Waals surface area contributed by atoms with Crippen molar-refractivity contribution in [2.24, 2.45) is 0 Å². The van der Waals surface area contributed by atoms with Gasteiger partial charge in [-0.2, -0.15) is 0 Å². The molecule has 1 fully saturated rings. The summed E-state index contributed by atoms with van der Waals surface area (Å²) < 4.78 is 16.2. The SMILES string of the molecule is BC1(B)Oc2ccc(C3(C(=O)OC)CC3)cc2O1. The average Bonchev–Trinajstić information content (AvgIpc) is 3.05. The Balaban J connectivity index is 1.96. The van der Waals surface area contributed by atoms with E-state index < -0.39 is 11.0 Å². The Morgan fingerprint density at radius 1 is 1.28 bits per heavy atom. The molecule has 1 saturated carbocycles. The third kappa shape index (κ3) is 1.59. The highest BCUT2D eigenvalue weighted by Crippen LogP contribution is 2.51. The van der Waals surface area contributed by atoms with Gasteiger partial charge in [-0.25, -0.2) is 0 Å². The maximum Gasteiger partial charge on any atom is 0.316 e. The first-order chi connectivity index (χ1) is 8.47. The van der Waals surface area contributed by atoms with Gasteiger partial charge in [0.15, 0.2) is 32.8 Å². The monoisotopic (exact) mass is 244 g/mol. The zero-order chi connectivity index (χ0) is 13.0.